The number of ether oxygens (including phenoxy) is 2. The third-order valence-electron chi connectivity index (χ3n) is 2.81. The molecule has 0 spiro atoms. The third kappa shape index (κ3) is 3.30. The molecule has 1 heterocycles. The molecule has 0 saturated carbocycles. The van der Waals surface area contributed by atoms with Crippen molar-refractivity contribution in [2.75, 3.05) is 13.2 Å². The van der Waals surface area contributed by atoms with Gasteiger partial charge in [-0.2, -0.15) is 0 Å². The van der Waals surface area contributed by atoms with Gasteiger partial charge in [-0.05, 0) is 18.4 Å². The number of benzene rings is 1. The molecule has 0 aromatic heterocycles. The van der Waals surface area contributed by atoms with Crippen molar-refractivity contribution < 1.29 is 14.6 Å². The molecule has 0 bridgehead atoms. The van der Waals surface area contributed by atoms with E-state index in [1.54, 1.807) is 0 Å². The van der Waals surface area contributed by atoms with E-state index in [0.29, 0.717) is 13.2 Å². The molecule has 88 valence electrons. The summed E-state index contributed by atoms with van der Waals surface area (Å²) < 4.78 is 11.2. The zero-order valence-electron chi connectivity index (χ0n) is 9.34. The Morgan fingerprint density at radius 2 is 1.94 bits per heavy atom. The highest BCUT2D eigenvalue weighted by molar-refractivity contribution is 5.13. The van der Waals surface area contributed by atoms with Crippen molar-refractivity contribution in [3.63, 3.8) is 0 Å². The lowest BCUT2D eigenvalue weighted by Gasteiger charge is -2.12. The van der Waals surface area contributed by atoms with Crippen LogP contribution in [-0.4, -0.2) is 30.5 Å². The van der Waals surface area contributed by atoms with Crippen LogP contribution in [-0.2, 0) is 16.1 Å². The first-order chi connectivity index (χ1) is 7.88. The highest BCUT2D eigenvalue weighted by Gasteiger charge is 2.24. The molecule has 0 amide bonds. The van der Waals surface area contributed by atoms with E-state index >= 15 is 0 Å². The highest BCUT2D eigenvalue weighted by atomic mass is 16.5. The minimum Gasteiger partial charge on any atom is -0.394 e. The maximum atomic E-state index is 8.92. The molecule has 16 heavy (non-hydrogen) atoms. The number of hydrogen-bond donors (Lipinski definition) is 1. The molecule has 2 rings (SSSR count). The second-order valence-electron chi connectivity index (χ2n) is 4.14. The van der Waals surface area contributed by atoms with E-state index in [2.05, 4.69) is 0 Å². The van der Waals surface area contributed by atoms with E-state index in [0.717, 1.165) is 12.8 Å². The van der Waals surface area contributed by atoms with Crippen LogP contribution in [0.5, 0.6) is 0 Å². The summed E-state index contributed by atoms with van der Waals surface area (Å²) >= 11 is 0. The number of aliphatic hydroxyl groups excluding tert-OH is 1. The Bertz CT molecular complexity index is 299. The lowest BCUT2D eigenvalue weighted by Crippen LogP contribution is -2.18. The van der Waals surface area contributed by atoms with E-state index in [1.807, 2.05) is 30.3 Å². The number of rotatable bonds is 5. The van der Waals surface area contributed by atoms with Crippen molar-refractivity contribution in [1.29, 1.82) is 0 Å². The molecule has 1 aromatic rings. The molecule has 1 aliphatic heterocycles. The van der Waals surface area contributed by atoms with E-state index in [9.17, 15) is 0 Å². The first kappa shape index (κ1) is 11.6. The molecule has 3 heteroatoms. The molecule has 2 atom stereocenters. The summed E-state index contributed by atoms with van der Waals surface area (Å²) in [5.41, 5.74) is 1.18. The Morgan fingerprint density at radius 3 is 2.62 bits per heavy atom. The van der Waals surface area contributed by atoms with Gasteiger partial charge in [-0.3, -0.25) is 0 Å². The number of hydrogen-bond acceptors (Lipinski definition) is 3. The Morgan fingerprint density at radius 1 is 1.19 bits per heavy atom. The van der Waals surface area contributed by atoms with Crippen molar-refractivity contribution in [2.24, 2.45) is 0 Å². The van der Waals surface area contributed by atoms with Gasteiger partial charge < -0.3 is 14.6 Å². The van der Waals surface area contributed by atoms with Crippen LogP contribution >= 0.6 is 0 Å². The standard InChI is InChI=1S/C13H18O3/c14-8-12-6-7-13(16-12)10-15-9-11-4-2-1-3-5-11/h1-5,12-14H,6-10H2/t12?,13-/m1/s1. The van der Waals surface area contributed by atoms with Crippen molar-refractivity contribution in [3.05, 3.63) is 35.9 Å². The molecule has 0 aliphatic carbocycles. The molecule has 3 nitrogen and oxygen atoms in total. The van der Waals surface area contributed by atoms with Crippen molar-refractivity contribution in [2.45, 2.75) is 31.7 Å². The smallest absolute Gasteiger partial charge is 0.0814 e. The van der Waals surface area contributed by atoms with E-state index in [1.165, 1.54) is 5.56 Å². The molecule has 1 fully saturated rings. The molecular weight excluding hydrogens is 204 g/mol. The van der Waals surface area contributed by atoms with Crippen LogP contribution in [0.25, 0.3) is 0 Å². The fourth-order valence-electron chi connectivity index (χ4n) is 1.92. The summed E-state index contributed by atoms with van der Waals surface area (Å²) in [4.78, 5) is 0. The topological polar surface area (TPSA) is 38.7 Å². The predicted octanol–water partition coefficient (Wildman–Crippen LogP) is 1.74. The van der Waals surface area contributed by atoms with Gasteiger partial charge in [-0.25, -0.2) is 0 Å². The van der Waals surface area contributed by atoms with E-state index < -0.39 is 0 Å². The summed E-state index contributed by atoms with van der Waals surface area (Å²) in [6, 6.07) is 10.1. The van der Waals surface area contributed by atoms with Gasteiger partial charge in [0.25, 0.3) is 0 Å². The monoisotopic (exact) mass is 222 g/mol. The largest absolute Gasteiger partial charge is 0.394 e. The van der Waals surface area contributed by atoms with Gasteiger partial charge in [-0.1, -0.05) is 30.3 Å². The third-order valence-corrected chi connectivity index (χ3v) is 2.81. The summed E-state index contributed by atoms with van der Waals surface area (Å²) in [7, 11) is 0. The van der Waals surface area contributed by atoms with Crippen LogP contribution in [0.3, 0.4) is 0 Å². The van der Waals surface area contributed by atoms with Gasteiger partial charge in [0.05, 0.1) is 32.0 Å². The normalized spacial score (nSPS) is 24.8. The van der Waals surface area contributed by atoms with Gasteiger partial charge in [0, 0.05) is 0 Å². The van der Waals surface area contributed by atoms with Crippen LogP contribution in [0.2, 0.25) is 0 Å². The van der Waals surface area contributed by atoms with Crippen molar-refractivity contribution >= 4 is 0 Å². The van der Waals surface area contributed by atoms with Gasteiger partial charge in [0.15, 0.2) is 0 Å². The predicted molar refractivity (Wildman–Crippen MR) is 61.1 cm³/mol. The second-order valence-corrected chi connectivity index (χ2v) is 4.14. The fourth-order valence-corrected chi connectivity index (χ4v) is 1.92. The number of aliphatic hydroxyl groups is 1. The average Bonchev–Trinajstić information content (AvgIpc) is 2.78. The zero-order valence-corrected chi connectivity index (χ0v) is 9.34. The summed E-state index contributed by atoms with van der Waals surface area (Å²) in [6.45, 7) is 1.37. The SMILES string of the molecule is OCC1CC[C@H](COCc2ccccc2)O1. The van der Waals surface area contributed by atoms with E-state index in [4.69, 9.17) is 14.6 Å². The Balaban J connectivity index is 1.65. The summed E-state index contributed by atoms with van der Waals surface area (Å²) in [6.07, 6.45) is 2.10. The van der Waals surface area contributed by atoms with Gasteiger partial charge in [0.2, 0.25) is 0 Å². The van der Waals surface area contributed by atoms with Crippen LogP contribution in [0.1, 0.15) is 18.4 Å². The van der Waals surface area contributed by atoms with Crippen LogP contribution in [0, 0.1) is 0 Å². The van der Waals surface area contributed by atoms with Gasteiger partial charge in [-0.15, -0.1) is 0 Å². The highest BCUT2D eigenvalue weighted by Crippen LogP contribution is 2.19. The maximum Gasteiger partial charge on any atom is 0.0814 e. The zero-order chi connectivity index (χ0) is 11.2. The van der Waals surface area contributed by atoms with E-state index in [-0.39, 0.29) is 18.8 Å². The fraction of sp³-hybridized carbons (Fsp3) is 0.538. The second kappa shape index (κ2) is 5.99. The molecule has 1 aliphatic rings. The lowest BCUT2D eigenvalue weighted by molar-refractivity contribution is -0.0350. The van der Waals surface area contributed by atoms with Gasteiger partial charge >= 0.3 is 0 Å². The average molecular weight is 222 g/mol. The van der Waals surface area contributed by atoms with Gasteiger partial charge in [0.1, 0.15) is 0 Å². The van der Waals surface area contributed by atoms with Crippen LogP contribution in [0.4, 0.5) is 0 Å². The van der Waals surface area contributed by atoms with Crippen LogP contribution < -0.4 is 0 Å². The Hall–Kier alpha value is -0.900. The molecule has 1 unspecified atom stereocenters. The van der Waals surface area contributed by atoms with Crippen LogP contribution in [0.15, 0.2) is 30.3 Å². The van der Waals surface area contributed by atoms with Crippen molar-refractivity contribution in [3.8, 4) is 0 Å². The molecule has 1 saturated heterocycles. The Kier molecular flexibility index (Phi) is 4.34. The first-order valence-electron chi connectivity index (χ1n) is 5.76. The quantitative estimate of drug-likeness (QED) is 0.824. The minimum atomic E-state index is 0.0188. The lowest BCUT2D eigenvalue weighted by atomic mass is 10.2. The first-order valence-corrected chi connectivity index (χ1v) is 5.76. The van der Waals surface area contributed by atoms with Crippen molar-refractivity contribution in [1.82, 2.24) is 0 Å². The molecule has 1 aromatic carbocycles. The Labute approximate surface area is 96.0 Å². The molecule has 1 N–H and O–H groups in total. The summed E-state index contributed by atoms with van der Waals surface area (Å²) in [5.74, 6) is 0. The molecular formula is C13H18O3. The molecule has 0 radical (unpaired) electrons. The minimum absolute atomic E-state index is 0.0188. The summed E-state index contributed by atoms with van der Waals surface area (Å²) in [5, 5.41) is 8.92. The maximum absolute atomic E-state index is 8.92.